The summed E-state index contributed by atoms with van der Waals surface area (Å²) < 4.78 is 0. The van der Waals surface area contributed by atoms with Gasteiger partial charge in [-0.15, -0.1) is 0 Å². The largest absolute Gasteiger partial charge is 0.311 e. The van der Waals surface area contributed by atoms with Gasteiger partial charge in [0.15, 0.2) is 0 Å². The normalized spacial score (nSPS) is 14.6. The summed E-state index contributed by atoms with van der Waals surface area (Å²) in [5, 5.41) is 0. The molecule has 0 aromatic heterocycles. The van der Waals surface area contributed by atoms with Gasteiger partial charge < -0.3 is 19.6 Å². The molecule has 2 fully saturated rings. The third-order valence-electron chi connectivity index (χ3n) is 19.3. The monoisotopic (exact) mass is 1110 g/mol. The average molecular weight is 1110 g/mol. The molecule has 0 aliphatic heterocycles. The van der Waals surface area contributed by atoms with Crippen molar-refractivity contribution in [2.45, 2.75) is 62.2 Å². The molecule has 4 aliphatic carbocycles. The van der Waals surface area contributed by atoms with Crippen molar-refractivity contribution in [3.05, 3.63) is 326 Å². The highest BCUT2D eigenvalue weighted by atomic mass is 15.2. The minimum atomic E-state index is 0.0504. The first-order valence-electron chi connectivity index (χ1n) is 30.9. The maximum Gasteiger partial charge on any atom is 0.0465 e. The zero-order valence-electron chi connectivity index (χ0n) is 48.3. The zero-order chi connectivity index (χ0) is 57.0. The number of rotatable bonds is 13. The van der Waals surface area contributed by atoms with Crippen LogP contribution in [0.25, 0.3) is 33.4 Å². The first-order chi connectivity index (χ1) is 42.6. The van der Waals surface area contributed by atoms with E-state index in [-0.39, 0.29) is 10.8 Å². The van der Waals surface area contributed by atoms with Gasteiger partial charge in [-0.2, -0.15) is 0 Å². The second-order valence-corrected chi connectivity index (χ2v) is 23.9. The molecule has 12 aromatic rings. The van der Waals surface area contributed by atoms with E-state index >= 15 is 0 Å². The van der Waals surface area contributed by atoms with Crippen molar-refractivity contribution >= 4 is 68.2 Å². The molecule has 16 rings (SSSR count). The standard InChI is InChI=1S/C82H66N4/c1-5-21-61(22-6-1)83(62-23-7-2-8-24-62)67-41-45-69(46-42-67)85(71-49-51-75-73-29-13-15-31-77(73)81(79(75)57-71)53-17-18-54-81)65-37-33-59(34-38-65)60-35-39-66(40-36-60)86(72-50-52-76-74-30-14-16-32-78(74)82(80(76)58-72)55-19-20-56-82)70-47-43-68(44-48-70)84(63-25-9-3-10-26-63)64-27-11-4-12-28-64/h1-16,21-52,57-58H,17-20,53-56H2. The molecule has 4 aliphatic rings. The van der Waals surface area contributed by atoms with E-state index in [1.54, 1.807) is 0 Å². The van der Waals surface area contributed by atoms with Crippen molar-refractivity contribution in [3.8, 4) is 33.4 Å². The molecule has 0 N–H and O–H groups in total. The van der Waals surface area contributed by atoms with Gasteiger partial charge in [-0.25, -0.2) is 0 Å². The first kappa shape index (κ1) is 51.5. The van der Waals surface area contributed by atoms with Crippen LogP contribution in [0, 0.1) is 0 Å². The lowest BCUT2D eigenvalue weighted by Crippen LogP contribution is -2.21. The lowest BCUT2D eigenvalue weighted by Gasteiger charge is -2.31. The molecule has 0 bridgehead atoms. The van der Waals surface area contributed by atoms with Crippen LogP contribution in [0.2, 0.25) is 0 Å². The number of para-hydroxylation sites is 4. The number of anilines is 12. The van der Waals surface area contributed by atoms with Crippen LogP contribution >= 0.6 is 0 Å². The van der Waals surface area contributed by atoms with Gasteiger partial charge in [0.25, 0.3) is 0 Å². The Morgan fingerprint density at radius 1 is 0.186 bits per heavy atom. The summed E-state index contributed by atoms with van der Waals surface area (Å²) in [6.07, 6.45) is 9.76. The Balaban J connectivity index is 0.769. The fraction of sp³-hybridized carbons (Fsp3) is 0.122. The predicted octanol–water partition coefficient (Wildman–Crippen LogP) is 22.9. The zero-order valence-corrected chi connectivity index (χ0v) is 48.3. The first-order valence-corrected chi connectivity index (χ1v) is 30.9. The number of hydrogen-bond donors (Lipinski definition) is 0. The quantitative estimate of drug-likeness (QED) is 0.114. The van der Waals surface area contributed by atoms with Crippen molar-refractivity contribution in [1.29, 1.82) is 0 Å². The van der Waals surface area contributed by atoms with Crippen LogP contribution in [-0.4, -0.2) is 0 Å². The molecule has 0 saturated heterocycles. The lowest BCUT2D eigenvalue weighted by molar-refractivity contribution is 0.550. The van der Waals surface area contributed by atoms with Gasteiger partial charge in [-0.05, 0) is 227 Å². The molecule has 4 nitrogen and oxygen atoms in total. The number of benzene rings is 12. The minimum Gasteiger partial charge on any atom is -0.311 e. The molecule has 0 heterocycles. The summed E-state index contributed by atoms with van der Waals surface area (Å²) in [6.45, 7) is 0. The lowest BCUT2D eigenvalue weighted by atomic mass is 9.76. The molecule has 2 saturated carbocycles. The Morgan fingerprint density at radius 3 is 0.709 bits per heavy atom. The maximum atomic E-state index is 2.52. The van der Waals surface area contributed by atoms with Crippen LogP contribution in [0.15, 0.2) is 303 Å². The van der Waals surface area contributed by atoms with Gasteiger partial charge >= 0.3 is 0 Å². The van der Waals surface area contributed by atoms with Crippen LogP contribution in [0.3, 0.4) is 0 Å². The molecule has 86 heavy (non-hydrogen) atoms. The topological polar surface area (TPSA) is 13.0 Å². The van der Waals surface area contributed by atoms with E-state index in [2.05, 4.69) is 323 Å². The molecular formula is C82H66N4. The minimum absolute atomic E-state index is 0.0504. The van der Waals surface area contributed by atoms with E-state index in [1.165, 1.54) is 118 Å². The van der Waals surface area contributed by atoms with Gasteiger partial charge in [0.05, 0.1) is 0 Å². The average Bonchev–Trinajstić information content (AvgIpc) is 4.54. The molecule has 12 aromatic carbocycles. The van der Waals surface area contributed by atoms with Crippen LogP contribution in [0.4, 0.5) is 68.2 Å². The van der Waals surface area contributed by atoms with Crippen molar-refractivity contribution < 1.29 is 0 Å². The van der Waals surface area contributed by atoms with Gasteiger partial charge in [0.1, 0.15) is 0 Å². The van der Waals surface area contributed by atoms with Crippen LogP contribution < -0.4 is 19.6 Å². The molecule has 0 unspecified atom stereocenters. The van der Waals surface area contributed by atoms with Crippen molar-refractivity contribution in [3.63, 3.8) is 0 Å². The summed E-state index contributed by atoms with van der Waals surface area (Å²) in [5.74, 6) is 0. The van der Waals surface area contributed by atoms with E-state index in [4.69, 9.17) is 0 Å². The third-order valence-corrected chi connectivity index (χ3v) is 19.3. The summed E-state index contributed by atoms with van der Waals surface area (Å²) in [4.78, 5) is 9.60. The second kappa shape index (κ2) is 21.5. The number of hydrogen-bond acceptors (Lipinski definition) is 4. The van der Waals surface area contributed by atoms with Crippen LogP contribution in [-0.2, 0) is 10.8 Å². The van der Waals surface area contributed by atoms with Crippen LogP contribution in [0.1, 0.15) is 73.6 Å². The van der Waals surface area contributed by atoms with Crippen LogP contribution in [0.5, 0.6) is 0 Å². The van der Waals surface area contributed by atoms with E-state index < -0.39 is 0 Å². The highest BCUT2D eigenvalue weighted by Gasteiger charge is 2.46. The fourth-order valence-electron chi connectivity index (χ4n) is 15.4. The highest BCUT2D eigenvalue weighted by molar-refractivity contribution is 5.90. The molecule has 0 radical (unpaired) electrons. The van der Waals surface area contributed by atoms with Gasteiger partial charge in [-0.1, -0.05) is 183 Å². The molecular weight excluding hydrogens is 1040 g/mol. The SMILES string of the molecule is c1ccc(N(c2ccccc2)c2ccc(N(c3ccc(-c4ccc(N(c5ccc(N(c6ccccc6)c6ccccc6)cc5)c5ccc6c(c5)C5(CCCC5)c5ccccc5-6)cc4)cc3)c3ccc4c(c3)C3(CCCC3)c3ccccc3-4)cc2)cc1. The van der Waals surface area contributed by atoms with E-state index in [9.17, 15) is 0 Å². The Bertz CT molecular complexity index is 4010. The molecule has 4 heteroatoms. The van der Waals surface area contributed by atoms with Crippen molar-refractivity contribution in [2.24, 2.45) is 0 Å². The molecule has 414 valence electrons. The molecule has 2 spiro atoms. The Morgan fingerprint density at radius 2 is 0.407 bits per heavy atom. The summed E-state index contributed by atoms with van der Waals surface area (Å²) in [5.41, 5.74) is 27.4. The second-order valence-electron chi connectivity index (χ2n) is 23.9. The summed E-state index contributed by atoms with van der Waals surface area (Å²) in [6, 6.07) is 112. The fourth-order valence-corrected chi connectivity index (χ4v) is 15.4. The Labute approximate surface area is 506 Å². The Kier molecular flexibility index (Phi) is 12.9. The van der Waals surface area contributed by atoms with E-state index in [0.717, 1.165) is 56.9 Å². The molecule has 0 atom stereocenters. The highest BCUT2D eigenvalue weighted by Crippen LogP contribution is 2.60. The number of fused-ring (bicyclic) bond motifs is 10. The van der Waals surface area contributed by atoms with E-state index in [0.29, 0.717) is 0 Å². The van der Waals surface area contributed by atoms with Crippen molar-refractivity contribution in [2.75, 3.05) is 19.6 Å². The van der Waals surface area contributed by atoms with Crippen molar-refractivity contribution in [1.82, 2.24) is 0 Å². The van der Waals surface area contributed by atoms with E-state index in [1.807, 2.05) is 0 Å². The van der Waals surface area contributed by atoms with Gasteiger partial charge in [0, 0.05) is 79.1 Å². The molecule has 0 amide bonds. The third kappa shape index (κ3) is 8.73. The summed E-state index contributed by atoms with van der Waals surface area (Å²) >= 11 is 0. The predicted molar refractivity (Wildman–Crippen MR) is 360 cm³/mol. The number of nitrogens with zero attached hydrogens (tertiary/aromatic N) is 4. The maximum absolute atomic E-state index is 2.52. The van der Waals surface area contributed by atoms with Gasteiger partial charge in [-0.3, -0.25) is 0 Å². The summed E-state index contributed by atoms with van der Waals surface area (Å²) in [7, 11) is 0. The van der Waals surface area contributed by atoms with Gasteiger partial charge in [0.2, 0.25) is 0 Å². The smallest absolute Gasteiger partial charge is 0.0465 e. The Hall–Kier alpha value is -10.2.